The number of nitrogens with zero attached hydrogens (tertiary/aromatic N) is 1. The van der Waals surface area contributed by atoms with Crippen LogP contribution in [-0.2, 0) is 9.59 Å². The van der Waals surface area contributed by atoms with Gasteiger partial charge in [-0.25, -0.2) is 0 Å². The summed E-state index contributed by atoms with van der Waals surface area (Å²) < 4.78 is 5.48. The quantitative estimate of drug-likeness (QED) is 0.283. The summed E-state index contributed by atoms with van der Waals surface area (Å²) in [6.45, 7) is 2.37. The maximum absolute atomic E-state index is 13.2. The number of hydrogen-bond donors (Lipinski definition) is 1. The molecule has 32 heavy (non-hydrogen) atoms. The van der Waals surface area contributed by atoms with E-state index in [1.54, 1.807) is 72.8 Å². The van der Waals surface area contributed by atoms with Gasteiger partial charge < -0.3 is 9.84 Å². The number of carbonyl (C=O) groups is 2. The molecule has 3 aromatic carbocycles. The predicted molar refractivity (Wildman–Crippen MR) is 125 cm³/mol. The lowest BCUT2D eigenvalue weighted by molar-refractivity contribution is -0.132. The Bertz CT molecular complexity index is 1210. The number of aliphatic hydroxyl groups is 1. The lowest BCUT2D eigenvalue weighted by atomic mass is 9.95. The second kappa shape index (κ2) is 9.07. The standard InChI is InChI=1S/C25H19Cl2NO4/c1-2-32-18-11-9-17(10-12-18)28-22(19-13-8-16(26)14-20(19)27)21(24(30)25(28)31)23(29)15-6-4-3-5-7-15/h3-14,22,29H,2H2,1H3/b23-21+. The van der Waals surface area contributed by atoms with Crippen LogP contribution in [0.1, 0.15) is 24.1 Å². The zero-order chi connectivity index (χ0) is 22.8. The molecule has 1 unspecified atom stereocenters. The maximum Gasteiger partial charge on any atom is 0.300 e. The van der Waals surface area contributed by atoms with Crippen LogP contribution in [0.15, 0.2) is 78.4 Å². The molecule has 1 aliphatic heterocycles. The Hall–Kier alpha value is -3.28. The SMILES string of the molecule is CCOc1ccc(N2C(=O)C(=O)/C(=C(/O)c3ccccc3)C2c2ccc(Cl)cc2Cl)cc1. The van der Waals surface area contributed by atoms with Crippen LogP contribution < -0.4 is 9.64 Å². The monoisotopic (exact) mass is 467 g/mol. The maximum atomic E-state index is 13.2. The van der Waals surface area contributed by atoms with Crippen molar-refractivity contribution in [3.05, 3.63) is 99.5 Å². The number of amides is 1. The third kappa shape index (κ3) is 3.97. The average Bonchev–Trinajstić information content (AvgIpc) is 3.05. The molecule has 1 fully saturated rings. The van der Waals surface area contributed by atoms with Crippen LogP contribution in [0.3, 0.4) is 0 Å². The highest BCUT2D eigenvalue weighted by Gasteiger charge is 2.47. The summed E-state index contributed by atoms with van der Waals surface area (Å²) in [5, 5.41) is 11.7. The fourth-order valence-corrected chi connectivity index (χ4v) is 4.25. The first-order chi connectivity index (χ1) is 15.4. The number of benzene rings is 3. The fraction of sp³-hybridized carbons (Fsp3) is 0.120. The molecule has 1 aliphatic rings. The van der Waals surface area contributed by atoms with Gasteiger partial charge in [0.1, 0.15) is 11.5 Å². The predicted octanol–water partition coefficient (Wildman–Crippen LogP) is 6.02. The second-order valence-electron chi connectivity index (χ2n) is 7.13. The van der Waals surface area contributed by atoms with Gasteiger partial charge in [-0.15, -0.1) is 0 Å². The number of ketones is 1. The van der Waals surface area contributed by atoms with Crippen molar-refractivity contribution in [3.63, 3.8) is 0 Å². The number of halogens is 2. The molecular weight excluding hydrogens is 449 g/mol. The molecule has 0 aliphatic carbocycles. The van der Waals surface area contributed by atoms with Crippen molar-refractivity contribution in [1.29, 1.82) is 0 Å². The van der Waals surface area contributed by atoms with Crippen LogP contribution >= 0.6 is 23.2 Å². The Morgan fingerprint density at radius 1 is 1.00 bits per heavy atom. The number of anilines is 1. The van der Waals surface area contributed by atoms with E-state index in [-0.39, 0.29) is 16.4 Å². The van der Waals surface area contributed by atoms with Gasteiger partial charge >= 0.3 is 0 Å². The molecule has 0 radical (unpaired) electrons. The topological polar surface area (TPSA) is 66.8 Å². The Morgan fingerprint density at radius 2 is 1.69 bits per heavy atom. The van der Waals surface area contributed by atoms with Gasteiger partial charge in [0.25, 0.3) is 11.7 Å². The van der Waals surface area contributed by atoms with E-state index < -0.39 is 17.7 Å². The first kappa shape index (κ1) is 21.9. The van der Waals surface area contributed by atoms with Crippen LogP contribution in [0.5, 0.6) is 5.75 Å². The Kier molecular flexibility index (Phi) is 6.21. The summed E-state index contributed by atoms with van der Waals surface area (Å²) in [5.41, 5.74) is 1.33. The number of ether oxygens (including phenoxy) is 1. The van der Waals surface area contributed by atoms with Gasteiger partial charge in [-0.2, -0.15) is 0 Å². The van der Waals surface area contributed by atoms with Crippen LogP contribution in [0.4, 0.5) is 5.69 Å². The van der Waals surface area contributed by atoms with E-state index in [0.717, 1.165) is 0 Å². The highest BCUT2D eigenvalue weighted by molar-refractivity contribution is 6.52. The molecule has 3 aromatic rings. The summed E-state index contributed by atoms with van der Waals surface area (Å²) in [7, 11) is 0. The van der Waals surface area contributed by atoms with Crippen molar-refractivity contribution in [2.45, 2.75) is 13.0 Å². The molecule has 0 bridgehead atoms. The lowest BCUT2D eigenvalue weighted by Gasteiger charge is -2.26. The second-order valence-corrected chi connectivity index (χ2v) is 7.97. The van der Waals surface area contributed by atoms with Crippen molar-refractivity contribution in [2.75, 3.05) is 11.5 Å². The van der Waals surface area contributed by atoms with Gasteiger partial charge in [-0.1, -0.05) is 59.6 Å². The molecule has 1 heterocycles. The molecule has 1 saturated heterocycles. The minimum atomic E-state index is -0.932. The van der Waals surface area contributed by atoms with Gasteiger partial charge in [-0.05, 0) is 48.9 Å². The summed E-state index contributed by atoms with van der Waals surface area (Å²) in [4.78, 5) is 27.6. The van der Waals surface area contributed by atoms with E-state index in [0.29, 0.717) is 34.2 Å². The van der Waals surface area contributed by atoms with Crippen LogP contribution in [0.25, 0.3) is 5.76 Å². The number of Topliss-reactive ketones (excluding diaryl/α,β-unsaturated/α-hetero) is 1. The average molecular weight is 468 g/mol. The zero-order valence-corrected chi connectivity index (χ0v) is 18.6. The van der Waals surface area contributed by atoms with Gasteiger partial charge in [0, 0.05) is 21.3 Å². The number of hydrogen-bond acceptors (Lipinski definition) is 4. The first-order valence-corrected chi connectivity index (χ1v) is 10.7. The first-order valence-electron chi connectivity index (χ1n) is 9.96. The smallest absolute Gasteiger partial charge is 0.300 e. The molecule has 4 rings (SSSR count). The highest BCUT2D eigenvalue weighted by Crippen LogP contribution is 2.44. The normalized spacial score (nSPS) is 17.6. The molecule has 0 aromatic heterocycles. The van der Waals surface area contributed by atoms with Crippen molar-refractivity contribution in [2.24, 2.45) is 0 Å². The Morgan fingerprint density at radius 3 is 2.31 bits per heavy atom. The summed E-state index contributed by atoms with van der Waals surface area (Å²) >= 11 is 12.6. The van der Waals surface area contributed by atoms with Gasteiger partial charge in [-0.3, -0.25) is 14.5 Å². The molecule has 1 amide bonds. The van der Waals surface area contributed by atoms with E-state index in [4.69, 9.17) is 27.9 Å². The van der Waals surface area contributed by atoms with Crippen molar-refractivity contribution in [1.82, 2.24) is 0 Å². The van der Waals surface area contributed by atoms with Crippen LogP contribution in [0.2, 0.25) is 10.0 Å². The molecule has 5 nitrogen and oxygen atoms in total. The van der Waals surface area contributed by atoms with Gasteiger partial charge in [0.15, 0.2) is 0 Å². The van der Waals surface area contributed by atoms with Crippen LogP contribution in [-0.4, -0.2) is 23.4 Å². The van der Waals surface area contributed by atoms with Crippen molar-refractivity contribution in [3.8, 4) is 5.75 Å². The number of carbonyl (C=O) groups excluding carboxylic acids is 2. The van der Waals surface area contributed by atoms with E-state index in [9.17, 15) is 14.7 Å². The molecule has 0 saturated carbocycles. The summed E-state index contributed by atoms with van der Waals surface area (Å²) in [6, 6.07) is 19.3. The molecule has 1 N–H and O–H groups in total. The minimum Gasteiger partial charge on any atom is -0.507 e. The lowest BCUT2D eigenvalue weighted by Crippen LogP contribution is -2.29. The van der Waals surface area contributed by atoms with Gasteiger partial charge in [0.05, 0.1) is 18.2 Å². The molecule has 7 heteroatoms. The summed E-state index contributed by atoms with van der Waals surface area (Å²) in [6.07, 6.45) is 0. The Labute approximate surface area is 195 Å². The number of aliphatic hydroxyl groups excluding tert-OH is 1. The van der Waals surface area contributed by atoms with Crippen molar-refractivity contribution >= 4 is 46.3 Å². The molecule has 1 atom stereocenters. The third-order valence-corrected chi connectivity index (χ3v) is 5.74. The minimum absolute atomic E-state index is 0.0423. The van der Waals surface area contributed by atoms with Crippen molar-refractivity contribution < 1.29 is 19.4 Å². The highest BCUT2D eigenvalue weighted by atomic mass is 35.5. The molecule has 162 valence electrons. The van der Waals surface area contributed by atoms with E-state index in [1.807, 2.05) is 6.92 Å². The number of rotatable bonds is 5. The molecular formula is C25H19Cl2NO4. The van der Waals surface area contributed by atoms with E-state index in [2.05, 4.69) is 0 Å². The zero-order valence-electron chi connectivity index (χ0n) is 17.1. The van der Waals surface area contributed by atoms with Crippen LogP contribution in [0, 0.1) is 0 Å². The Balaban J connectivity index is 1.92. The molecule has 0 spiro atoms. The van der Waals surface area contributed by atoms with E-state index in [1.165, 1.54) is 4.90 Å². The van der Waals surface area contributed by atoms with Gasteiger partial charge in [0.2, 0.25) is 0 Å². The summed E-state index contributed by atoms with van der Waals surface area (Å²) in [5.74, 6) is -1.19. The largest absolute Gasteiger partial charge is 0.507 e. The fourth-order valence-electron chi connectivity index (χ4n) is 3.74. The van der Waals surface area contributed by atoms with E-state index >= 15 is 0 Å². The third-order valence-electron chi connectivity index (χ3n) is 5.17.